The first-order valence-corrected chi connectivity index (χ1v) is 9.06. The fourth-order valence-electron chi connectivity index (χ4n) is 3.00. The highest BCUT2D eigenvalue weighted by atomic mass is 16.1. The highest BCUT2D eigenvalue weighted by Gasteiger charge is 2.16. The lowest BCUT2D eigenvalue weighted by Crippen LogP contribution is -2.15. The standard InChI is InChI=1S/C21H20N6O/c1-13(2)27-20-16(10-24-27)9-18(14(3)25-20)21(28)26-17-11-22-19(23-12-17)15-7-5-4-6-8-15/h4-13H,1-3H3,(H,26,28). The number of amides is 1. The van der Waals surface area contributed by atoms with Crippen molar-refractivity contribution < 1.29 is 4.79 Å². The Kier molecular flexibility index (Phi) is 4.57. The maximum Gasteiger partial charge on any atom is 0.257 e. The van der Waals surface area contributed by atoms with Crippen LogP contribution in [0.3, 0.4) is 0 Å². The molecular formula is C21H20N6O. The molecule has 1 amide bonds. The lowest BCUT2D eigenvalue weighted by Gasteiger charge is -2.10. The number of hydrogen-bond acceptors (Lipinski definition) is 5. The van der Waals surface area contributed by atoms with Crippen LogP contribution in [-0.4, -0.2) is 30.6 Å². The van der Waals surface area contributed by atoms with E-state index in [2.05, 4.69) is 25.4 Å². The van der Waals surface area contributed by atoms with E-state index in [1.54, 1.807) is 18.6 Å². The largest absolute Gasteiger partial charge is 0.319 e. The Balaban J connectivity index is 1.57. The zero-order valence-corrected chi connectivity index (χ0v) is 15.9. The van der Waals surface area contributed by atoms with Crippen LogP contribution in [0, 0.1) is 6.92 Å². The molecule has 0 spiro atoms. The van der Waals surface area contributed by atoms with Gasteiger partial charge in [0.2, 0.25) is 0 Å². The van der Waals surface area contributed by atoms with Crippen LogP contribution in [0.5, 0.6) is 0 Å². The number of nitrogens with one attached hydrogen (secondary N) is 1. The molecule has 4 rings (SSSR count). The maximum atomic E-state index is 12.7. The molecule has 28 heavy (non-hydrogen) atoms. The van der Waals surface area contributed by atoms with Gasteiger partial charge >= 0.3 is 0 Å². The molecule has 0 aliphatic carbocycles. The van der Waals surface area contributed by atoms with E-state index < -0.39 is 0 Å². The normalized spacial score (nSPS) is 11.1. The first kappa shape index (κ1) is 17.8. The van der Waals surface area contributed by atoms with E-state index in [0.717, 1.165) is 16.6 Å². The third-order valence-corrected chi connectivity index (χ3v) is 4.44. The molecule has 140 valence electrons. The molecule has 0 atom stereocenters. The van der Waals surface area contributed by atoms with Crippen LogP contribution in [0.4, 0.5) is 5.69 Å². The number of benzene rings is 1. The Labute approximate surface area is 162 Å². The number of carbonyl (C=O) groups excluding carboxylic acids is 1. The third-order valence-electron chi connectivity index (χ3n) is 4.44. The third kappa shape index (κ3) is 3.34. The predicted molar refractivity (Wildman–Crippen MR) is 108 cm³/mol. The predicted octanol–water partition coefficient (Wildman–Crippen LogP) is 4.03. The van der Waals surface area contributed by atoms with Gasteiger partial charge in [0.25, 0.3) is 5.91 Å². The van der Waals surface area contributed by atoms with E-state index in [-0.39, 0.29) is 11.9 Å². The Morgan fingerprint density at radius 3 is 2.46 bits per heavy atom. The van der Waals surface area contributed by atoms with E-state index >= 15 is 0 Å². The second kappa shape index (κ2) is 7.19. The molecular weight excluding hydrogens is 352 g/mol. The van der Waals surface area contributed by atoms with Crippen LogP contribution >= 0.6 is 0 Å². The Bertz CT molecular complexity index is 1130. The Morgan fingerprint density at radius 2 is 1.79 bits per heavy atom. The number of rotatable bonds is 4. The van der Waals surface area contributed by atoms with E-state index in [1.807, 2.05) is 61.9 Å². The second-order valence-corrected chi connectivity index (χ2v) is 6.83. The average molecular weight is 372 g/mol. The highest BCUT2D eigenvalue weighted by Crippen LogP contribution is 2.20. The van der Waals surface area contributed by atoms with Crippen LogP contribution in [0.2, 0.25) is 0 Å². The molecule has 1 aromatic carbocycles. The van der Waals surface area contributed by atoms with Crippen molar-refractivity contribution in [3.63, 3.8) is 0 Å². The van der Waals surface area contributed by atoms with Crippen molar-refractivity contribution in [3.8, 4) is 11.4 Å². The second-order valence-electron chi connectivity index (χ2n) is 6.83. The number of hydrogen-bond donors (Lipinski definition) is 1. The molecule has 0 saturated heterocycles. The molecule has 7 nitrogen and oxygen atoms in total. The summed E-state index contributed by atoms with van der Waals surface area (Å²) in [7, 11) is 0. The smallest absolute Gasteiger partial charge is 0.257 e. The fourth-order valence-corrected chi connectivity index (χ4v) is 3.00. The Morgan fingerprint density at radius 1 is 1.07 bits per heavy atom. The number of aromatic nitrogens is 5. The number of anilines is 1. The van der Waals surface area contributed by atoms with Crippen molar-refractivity contribution in [1.29, 1.82) is 0 Å². The summed E-state index contributed by atoms with van der Waals surface area (Å²) >= 11 is 0. The van der Waals surface area contributed by atoms with Crippen LogP contribution in [0.25, 0.3) is 22.4 Å². The molecule has 0 aliphatic heterocycles. The minimum absolute atomic E-state index is 0.198. The topological polar surface area (TPSA) is 85.6 Å². The van der Waals surface area contributed by atoms with Crippen molar-refractivity contribution in [2.24, 2.45) is 0 Å². The average Bonchev–Trinajstić information content (AvgIpc) is 3.11. The lowest BCUT2D eigenvalue weighted by molar-refractivity contribution is 0.102. The first-order valence-electron chi connectivity index (χ1n) is 9.06. The molecule has 0 unspecified atom stereocenters. The van der Waals surface area contributed by atoms with E-state index in [0.29, 0.717) is 22.8 Å². The number of nitrogens with zero attached hydrogens (tertiary/aromatic N) is 5. The summed E-state index contributed by atoms with van der Waals surface area (Å²) in [6.45, 7) is 5.91. The summed E-state index contributed by atoms with van der Waals surface area (Å²) in [5.41, 5.74) is 3.38. The molecule has 0 fully saturated rings. The summed E-state index contributed by atoms with van der Waals surface area (Å²) in [5, 5.41) is 8.04. The van der Waals surface area contributed by atoms with Crippen molar-refractivity contribution in [2.45, 2.75) is 26.8 Å². The van der Waals surface area contributed by atoms with Crippen molar-refractivity contribution in [3.05, 3.63) is 66.2 Å². The van der Waals surface area contributed by atoms with E-state index in [4.69, 9.17) is 0 Å². The number of carbonyl (C=O) groups is 1. The van der Waals surface area contributed by atoms with Gasteiger partial charge in [-0.3, -0.25) is 4.79 Å². The van der Waals surface area contributed by atoms with E-state index in [1.165, 1.54) is 0 Å². The number of pyridine rings is 1. The van der Waals surface area contributed by atoms with Gasteiger partial charge < -0.3 is 5.32 Å². The summed E-state index contributed by atoms with van der Waals surface area (Å²) < 4.78 is 1.85. The molecule has 0 aliphatic rings. The minimum Gasteiger partial charge on any atom is -0.319 e. The molecule has 3 aromatic heterocycles. The van der Waals surface area contributed by atoms with E-state index in [9.17, 15) is 4.79 Å². The molecule has 3 heterocycles. The number of aryl methyl sites for hydroxylation is 1. The molecule has 0 saturated carbocycles. The first-order chi connectivity index (χ1) is 13.5. The lowest BCUT2D eigenvalue weighted by atomic mass is 10.1. The van der Waals surface area contributed by atoms with Gasteiger partial charge in [-0.05, 0) is 26.8 Å². The van der Waals surface area contributed by atoms with Gasteiger partial charge in [0.05, 0.1) is 35.5 Å². The van der Waals surface area contributed by atoms with Crippen LogP contribution in [0.15, 0.2) is 55.0 Å². The molecule has 0 radical (unpaired) electrons. The zero-order valence-electron chi connectivity index (χ0n) is 15.9. The van der Waals surface area contributed by atoms with Crippen molar-refractivity contribution in [1.82, 2.24) is 24.7 Å². The van der Waals surface area contributed by atoms with Gasteiger partial charge in [0.1, 0.15) is 0 Å². The van der Waals surface area contributed by atoms with Gasteiger partial charge in [-0.2, -0.15) is 5.10 Å². The molecule has 1 N–H and O–H groups in total. The van der Waals surface area contributed by atoms with Crippen LogP contribution < -0.4 is 5.32 Å². The highest BCUT2D eigenvalue weighted by molar-refractivity contribution is 6.06. The minimum atomic E-state index is -0.250. The van der Waals surface area contributed by atoms with Crippen molar-refractivity contribution >= 4 is 22.6 Å². The Hall–Kier alpha value is -3.61. The monoisotopic (exact) mass is 372 g/mol. The maximum absolute atomic E-state index is 12.7. The van der Waals surface area contributed by atoms with Gasteiger partial charge in [0, 0.05) is 17.0 Å². The van der Waals surface area contributed by atoms with Crippen LogP contribution in [-0.2, 0) is 0 Å². The van der Waals surface area contributed by atoms with Crippen molar-refractivity contribution in [2.75, 3.05) is 5.32 Å². The molecule has 7 heteroatoms. The summed E-state index contributed by atoms with van der Waals surface area (Å²) in [5.74, 6) is 0.360. The summed E-state index contributed by atoms with van der Waals surface area (Å²) in [6, 6.07) is 11.7. The van der Waals surface area contributed by atoms with Gasteiger partial charge in [-0.1, -0.05) is 30.3 Å². The van der Waals surface area contributed by atoms with Gasteiger partial charge in [-0.15, -0.1) is 0 Å². The summed E-state index contributed by atoms with van der Waals surface area (Å²) in [6.07, 6.45) is 4.94. The number of fused-ring (bicyclic) bond motifs is 1. The van der Waals surface area contributed by atoms with Gasteiger partial charge in [-0.25, -0.2) is 19.6 Å². The molecule has 0 bridgehead atoms. The van der Waals surface area contributed by atoms with Gasteiger partial charge in [0.15, 0.2) is 11.5 Å². The zero-order chi connectivity index (χ0) is 19.7. The SMILES string of the molecule is Cc1nc2c(cnn2C(C)C)cc1C(=O)Nc1cnc(-c2ccccc2)nc1. The van der Waals surface area contributed by atoms with Crippen LogP contribution in [0.1, 0.15) is 35.9 Å². The summed E-state index contributed by atoms with van der Waals surface area (Å²) in [4.78, 5) is 26.0. The quantitative estimate of drug-likeness (QED) is 0.584. The fraction of sp³-hybridized carbons (Fsp3) is 0.190. The molecule has 4 aromatic rings.